The van der Waals surface area contributed by atoms with Crippen molar-refractivity contribution in [3.8, 4) is 5.19 Å². The summed E-state index contributed by atoms with van der Waals surface area (Å²) in [5, 5.41) is 0.769. The van der Waals surface area contributed by atoms with Crippen LogP contribution in [0.15, 0.2) is 8.39 Å². The number of rotatable bonds is 2. The molecule has 0 bridgehead atoms. The summed E-state index contributed by atoms with van der Waals surface area (Å²) in [5.74, 6) is 0. The summed E-state index contributed by atoms with van der Waals surface area (Å²) in [6.07, 6.45) is 5.32. The standard InChI is InChI=1S/C8H9Br2NOS/c9-6-7(10)13-8(11-6)12-5-3-1-2-4-5/h5H,1-4H2. The highest BCUT2D eigenvalue weighted by Crippen LogP contribution is 2.35. The van der Waals surface area contributed by atoms with Crippen molar-refractivity contribution < 1.29 is 4.74 Å². The molecular weight excluding hydrogens is 318 g/mol. The molecule has 0 radical (unpaired) electrons. The average molecular weight is 327 g/mol. The molecule has 0 aromatic carbocycles. The molecule has 1 aromatic heterocycles. The van der Waals surface area contributed by atoms with Gasteiger partial charge in [0.25, 0.3) is 5.19 Å². The monoisotopic (exact) mass is 325 g/mol. The van der Waals surface area contributed by atoms with Gasteiger partial charge in [-0.25, -0.2) is 0 Å². The molecule has 1 aliphatic carbocycles. The van der Waals surface area contributed by atoms with Gasteiger partial charge in [-0.05, 0) is 57.5 Å². The van der Waals surface area contributed by atoms with Crippen molar-refractivity contribution in [1.82, 2.24) is 4.98 Å². The minimum absolute atomic E-state index is 0.393. The van der Waals surface area contributed by atoms with Gasteiger partial charge in [-0.3, -0.25) is 0 Å². The molecule has 2 nitrogen and oxygen atoms in total. The maximum Gasteiger partial charge on any atom is 0.275 e. The van der Waals surface area contributed by atoms with E-state index in [4.69, 9.17) is 4.74 Å². The molecule has 72 valence electrons. The van der Waals surface area contributed by atoms with E-state index in [-0.39, 0.29) is 0 Å². The molecule has 0 atom stereocenters. The molecule has 0 spiro atoms. The fourth-order valence-electron chi connectivity index (χ4n) is 1.46. The first-order chi connectivity index (χ1) is 6.25. The lowest BCUT2D eigenvalue weighted by molar-refractivity contribution is 0.209. The Labute approximate surface area is 98.0 Å². The largest absolute Gasteiger partial charge is 0.467 e. The normalized spacial score (nSPS) is 18.0. The van der Waals surface area contributed by atoms with Crippen LogP contribution in [-0.2, 0) is 0 Å². The number of ether oxygens (including phenoxy) is 1. The van der Waals surface area contributed by atoms with E-state index < -0.39 is 0 Å². The van der Waals surface area contributed by atoms with Crippen molar-refractivity contribution in [2.24, 2.45) is 0 Å². The number of hydrogen-bond donors (Lipinski definition) is 0. The van der Waals surface area contributed by atoms with Gasteiger partial charge >= 0.3 is 0 Å². The molecule has 1 heterocycles. The van der Waals surface area contributed by atoms with Crippen LogP contribution in [-0.4, -0.2) is 11.1 Å². The Hall–Kier alpha value is 0.390. The quantitative estimate of drug-likeness (QED) is 0.819. The third-order valence-corrected chi connectivity index (χ3v) is 5.06. The van der Waals surface area contributed by atoms with Crippen molar-refractivity contribution in [3.63, 3.8) is 0 Å². The van der Waals surface area contributed by atoms with Crippen LogP contribution in [0.1, 0.15) is 25.7 Å². The molecule has 13 heavy (non-hydrogen) atoms. The van der Waals surface area contributed by atoms with Crippen LogP contribution in [0.5, 0.6) is 5.19 Å². The van der Waals surface area contributed by atoms with Gasteiger partial charge in [0.1, 0.15) is 14.5 Å². The van der Waals surface area contributed by atoms with Crippen LogP contribution in [0, 0.1) is 0 Å². The van der Waals surface area contributed by atoms with Gasteiger partial charge < -0.3 is 4.74 Å². The molecule has 0 saturated heterocycles. The summed E-state index contributed by atoms with van der Waals surface area (Å²) in [4.78, 5) is 4.24. The highest BCUT2D eigenvalue weighted by Gasteiger charge is 2.18. The minimum atomic E-state index is 0.393. The molecule has 2 rings (SSSR count). The van der Waals surface area contributed by atoms with Gasteiger partial charge in [0, 0.05) is 0 Å². The molecule has 1 fully saturated rings. The highest BCUT2D eigenvalue weighted by molar-refractivity contribution is 9.13. The predicted octanol–water partition coefficient (Wildman–Crippen LogP) is 3.99. The maximum absolute atomic E-state index is 5.72. The Morgan fingerprint density at radius 2 is 2.00 bits per heavy atom. The van der Waals surface area contributed by atoms with Crippen molar-refractivity contribution in [1.29, 1.82) is 0 Å². The third-order valence-electron chi connectivity index (χ3n) is 2.10. The summed E-state index contributed by atoms with van der Waals surface area (Å²) in [7, 11) is 0. The predicted molar refractivity (Wildman–Crippen MR) is 60.4 cm³/mol. The number of hydrogen-bond acceptors (Lipinski definition) is 3. The molecule has 0 unspecified atom stereocenters. The molecule has 1 aromatic rings. The molecule has 0 amide bonds. The van der Waals surface area contributed by atoms with Crippen LogP contribution in [0.25, 0.3) is 0 Å². The van der Waals surface area contributed by atoms with Gasteiger partial charge in [0.05, 0.1) is 0 Å². The zero-order chi connectivity index (χ0) is 9.26. The van der Waals surface area contributed by atoms with Gasteiger partial charge in [-0.2, -0.15) is 4.98 Å². The number of aromatic nitrogens is 1. The van der Waals surface area contributed by atoms with Gasteiger partial charge in [0.2, 0.25) is 0 Å². The molecule has 0 aliphatic heterocycles. The summed E-state index contributed by atoms with van der Waals surface area (Å²) in [5.41, 5.74) is 0. The lowest BCUT2D eigenvalue weighted by Gasteiger charge is -2.08. The topological polar surface area (TPSA) is 22.1 Å². The Balaban J connectivity index is 2.00. The minimum Gasteiger partial charge on any atom is -0.467 e. The first-order valence-corrected chi connectivity index (χ1v) is 6.64. The first kappa shape index (κ1) is 9.93. The van der Waals surface area contributed by atoms with Crippen molar-refractivity contribution in [3.05, 3.63) is 8.39 Å². The zero-order valence-electron chi connectivity index (χ0n) is 6.93. The Kier molecular flexibility index (Phi) is 3.26. The van der Waals surface area contributed by atoms with E-state index in [1.165, 1.54) is 37.0 Å². The first-order valence-electron chi connectivity index (χ1n) is 4.24. The summed E-state index contributed by atoms with van der Waals surface area (Å²) >= 11 is 8.27. The highest BCUT2D eigenvalue weighted by atomic mass is 79.9. The van der Waals surface area contributed by atoms with Crippen LogP contribution in [0.4, 0.5) is 0 Å². The molecule has 1 saturated carbocycles. The van der Waals surface area contributed by atoms with Crippen LogP contribution in [0.3, 0.4) is 0 Å². The second-order valence-electron chi connectivity index (χ2n) is 3.07. The fraction of sp³-hybridized carbons (Fsp3) is 0.625. The molecule has 1 aliphatic rings. The SMILES string of the molecule is Brc1nc(OC2CCCC2)sc1Br. The Bertz CT molecular complexity index is 277. The zero-order valence-corrected chi connectivity index (χ0v) is 10.9. The van der Waals surface area contributed by atoms with Crippen molar-refractivity contribution in [2.75, 3.05) is 0 Å². The van der Waals surface area contributed by atoms with Gasteiger partial charge in [0.15, 0.2) is 0 Å². The van der Waals surface area contributed by atoms with E-state index in [2.05, 4.69) is 36.8 Å². The summed E-state index contributed by atoms with van der Waals surface area (Å²) in [6.45, 7) is 0. The van der Waals surface area contributed by atoms with Gasteiger partial charge in [-0.1, -0.05) is 11.3 Å². The van der Waals surface area contributed by atoms with Crippen molar-refractivity contribution >= 4 is 43.2 Å². The number of nitrogens with zero attached hydrogens (tertiary/aromatic N) is 1. The molecule has 5 heteroatoms. The summed E-state index contributed by atoms with van der Waals surface area (Å²) in [6, 6.07) is 0. The van der Waals surface area contributed by atoms with Crippen LogP contribution in [0.2, 0.25) is 0 Å². The van der Waals surface area contributed by atoms with E-state index >= 15 is 0 Å². The lowest BCUT2D eigenvalue weighted by atomic mass is 10.3. The fourth-order valence-corrected chi connectivity index (χ4v) is 3.09. The van der Waals surface area contributed by atoms with Crippen LogP contribution < -0.4 is 4.74 Å². The molecule has 0 N–H and O–H groups in total. The van der Waals surface area contributed by atoms with E-state index in [0.717, 1.165) is 13.6 Å². The Morgan fingerprint density at radius 1 is 1.31 bits per heavy atom. The summed E-state index contributed by atoms with van der Waals surface area (Å²) < 4.78 is 7.56. The number of halogens is 2. The van der Waals surface area contributed by atoms with E-state index in [1.807, 2.05) is 0 Å². The van der Waals surface area contributed by atoms with Crippen LogP contribution >= 0.6 is 43.2 Å². The smallest absolute Gasteiger partial charge is 0.275 e. The average Bonchev–Trinajstić information content (AvgIpc) is 2.64. The molecular formula is C8H9Br2NOS. The lowest BCUT2D eigenvalue weighted by Crippen LogP contribution is -2.10. The van der Waals surface area contributed by atoms with Crippen molar-refractivity contribution in [2.45, 2.75) is 31.8 Å². The second-order valence-corrected chi connectivity index (χ2v) is 6.10. The maximum atomic E-state index is 5.72. The van der Waals surface area contributed by atoms with E-state index in [9.17, 15) is 0 Å². The number of thiazole rings is 1. The van der Waals surface area contributed by atoms with E-state index in [0.29, 0.717) is 6.10 Å². The second kappa shape index (κ2) is 4.28. The third kappa shape index (κ3) is 2.44. The van der Waals surface area contributed by atoms with E-state index in [1.54, 1.807) is 0 Å². The Morgan fingerprint density at radius 3 is 2.54 bits per heavy atom. The van der Waals surface area contributed by atoms with Gasteiger partial charge in [-0.15, -0.1) is 0 Å².